The van der Waals surface area contributed by atoms with Crippen LogP contribution in [0.2, 0.25) is 0 Å². The summed E-state index contributed by atoms with van der Waals surface area (Å²) >= 11 is 1.24. The average molecular weight is 225 g/mol. The Morgan fingerprint density at radius 1 is 1.33 bits per heavy atom. The summed E-state index contributed by atoms with van der Waals surface area (Å²) in [6.07, 6.45) is 0. The number of aromatic nitrogens is 1. The Morgan fingerprint density at radius 2 is 2.13 bits per heavy atom. The fraction of sp³-hybridized carbons (Fsp3) is 0. The molecule has 0 saturated heterocycles. The van der Waals surface area contributed by atoms with Crippen LogP contribution in [-0.2, 0) is 0 Å². The molecule has 0 aliphatic heterocycles. The lowest BCUT2D eigenvalue weighted by molar-refractivity contribution is 0.103. The van der Waals surface area contributed by atoms with Crippen molar-refractivity contribution in [2.45, 2.75) is 0 Å². The summed E-state index contributed by atoms with van der Waals surface area (Å²) in [7, 11) is 0. The first kappa shape index (κ1) is 9.92. The number of benzene rings is 1. The topological polar surface area (TPSA) is 30.0 Å². The van der Waals surface area contributed by atoms with Gasteiger partial charge in [0.1, 0.15) is 17.3 Å². The molecule has 15 heavy (non-hydrogen) atoms. The average Bonchev–Trinajstić information content (AvgIpc) is 2.69. The Hall–Kier alpha value is -1.62. The molecule has 0 N–H and O–H groups in total. The Morgan fingerprint density at radius 3 is 2.73 bits per heavy atom. The van der Waals surface area contributed by atoms with Crippen LogP contribution < -0.4 is 0 Å². The minimum absolute atomic E-state index is 0.165. The second kappa shape index (κ2) is 3.86. The van der Waals surface area contributed by atoms with Crippen molar-refractivity contribution in [3.63, 3.8) is 0 Å². The highest BCUT2D eigenvalue weighted by atomic mass is 32.1. The summed E-state index contributed by atoms with van der Waals surface area (Å²) < 4.78 is 25.8. The minimum Gasteiger partial charge on any atom is -0.287 e. The Bertz CT molecular complexity index is 496. The molecule has 76 valence electrons. The van der Waals surface area contributed by atoms with Crippen molar-refractivity contribution in [1.29, 1.82) is 0 Å². The molecule has 2 nitrogen and oxygen atoms in total. The van der Waals surface area contributed by atoms with Crippen molar-refractivity contribution in [1.82, 2.24) is 4.98 Å². The van der Waals surface area contributed by atoms with Gasteiger partial charge in [-0.15, -0.1) is 11.3 Å². The first-order chi connectivity index (χ1) is 7.18. The van der Waals surface area contributed by atoms with Gasteiger partial charge in [0.25, 0.3) is 0 Å². The monoisotopic (exact) mass is 225 g/mol. The van der Waals surface area contributed by atoms with Crippen molar-refractivity contribution in [3.05, 3.63) is 52.0 Å². The van der Waals surface area contributed by atoms with Crippen LogP contribution in [0.1, 0.15) is 16.1 Å². The maximum Gasteiger partial charge on any atom is 0.215 e. The van der Waals surface area contributed by atoms with Gasteiger partial charge in [-0.1, -0.05) is 0 Å². The maximum absolute atomic E-state index is 13.2. The van der Waals surface area contributed by atoms with Gasteiger partial charge in [0, 0.05) is 11.4 Å². The van der Waals surface area contributed by atoms with Crippen LogP contribution in [0.4, 0.5) is 8.78 Å². The number of ketones is 1. The molecular weight excluding hydrogens is 220 g/mol. The van der Waals surface area contributed by atoms with E-state index in [1.54, 1.807) is 0 Å². The van der Waals surface area contributed by atoms with Crippen molar-refractivity contribution in [2.24, 2.45) is 0 Å². The van der Waals surface area contributed by atoms with Crippen molar-refractivity contribution in [3.8, 4) is 0 Å². The third-order valence-corrected chi connectivity index (χ3v) is 2.43. The third kappa shape index (κ3) is 1.92. The summed E-state index contributed by atoms with van der Waals surface area (Å²) in [6, 6.07) is 2.84. The summed E-state index contributed by atoms with van der Waals surface area (Å²) in [5, 5.41) is 1.52. The second-order valence-electron chi connectivity index (χ2n) is 2.83. The van der Waals surface area contributed by atoms with E-state index in [1.807, 2.05) is 0 Å². The molecule has 0 fully saturated rings. The predicted octanol–water partition coefficient (Wildman–Crippen LogP) is 2.65. The van der Waals surface area contributed by atoms with E-state index in [4.69, 9.17) is 0 Å². The molecule has 0 amide bonds. The van der Waals surface area contributed by atoms with Crippen LogP contribution >= 0.6 is 11.3 Å². The number of carbonyl (C=O) groups excluding carboxylic acids is 1. The summed E-state index contributed by atoms with van der Waals surface area (Å²) in [4.78, 5) is 15.4. The minimum atomic E-state index is -0.868. The molecule has 1 heterocycles. The quantitative estimate of drug-likeness (QED) is 0.735. The third-order valence-electron chi connectivity index (χ3n) is 1.84. The van der Waals surface area contributed by atoms with E-state index in [9.17, 15) is 13.6 Å². The van der Waals surface area contributed by atoms with Crippen LogP contribution in [0.5, 0.6) is 0 Å². The lowest BCUT2D eigenvalue weighted by Gasteiger charge is -1.99. The maximum atomic E-state index is 13.2. The van der Waals surface area contributed by atoms with Crippen LogP contribution in [0.3, 0.4) is 0 Å². The first-order valence-electron chi connectivity index (χ1n) is 4.06. The second-order valence-corrected chi connectivity index (χ2v) is 3.55. The van der Waals surface area contributed by atoms with Gasteiger partial charge in [-0.25, -0.2) is 13.8 Å². The standard InChI is InChI=1S/C10H5F2NOS/c11-6-1-2-7(8(12)3-6)10(14)9-4-15-5-13-9/h1-5H. The highest BCUT2D eigenvalue weighted by molar-refractivity contribution is 7.07. The van der Waals surface area contributed by atoms with E-state index in [1.165, 1.54) is 22.2 Å². The first-order valence-corrected chi connectivity index (χ1v) is 5.00. The molecule has 2 rings (SSSR count). The highest BCUT2D eigenvalue weighted by Crippen LogP contribution is 2.14. The molecular formula is C10H5F2NOS. The Balaban J connectivity index is 2.42. The van der Waals surface area contributed by atoms with Crippen molar-refractivity contribution >= 4 is 17.1 Å². The largest absolute Gasteiger partial charge is 0.287 e. The lowest BCUT2D eigenvalue weighted by atomic mass is 10.1. The molecule has 1 aromatic heterocycles. The smallest absolute Gasteiger partial charge is 0.215 e. The number of carbonyl (C=O) groups is 1. The molecule has 0 bridgehead atoms. The Labute approximate surface area is 88.2 Å². The van der Waals surface area contributed by atoms with Gasteiger partial charge in [0.05, 0.1) is 11.1 Å². The normalized spacial score (nSPS) is 10.3. The van der Waals surface area contributed by atoms with Gasteiger partial charge in [-0.3, -0.25) is 4.79 Å². The molecule has 0 unspecified atom stereocenters. The fourth-order valence-electron chi connectivity index (χ4n) is 1.14. The molecule has 0 aliphatic carbocycles. The van der Waals surface area contributed by atoms with Gasteiger partial charge in [0.2, 0.25) is 5.78 Å². The molecule has 0 spiro atoms. The molecule has 2 aromatic rings. The van der Waals surface area contributed by atoms with Crippen molar-refractivity contribution in [2.75, 3.05) is 0 Å². The van der Waals surface area contributed by atoms with E-state index in [0.717, 1.165) is 12.1 Å². The van der Waals surface area contributed by atoms with Crippen molar-refractivity contribution < 1.29 is 13.6 Å². The number of hydrogen-bond acceptors (Lipinski definition) is 3. The summed E-state index contributed by atoms with van der Waals surface area (Å²) in [5.41, 5.74) is 1.49. The van der Waals surface area contributed by atoms with Gasteiger partial charge >= 0.3 is 0 Å². The van der Waals surface area contributed by atoms with E-state index in [0.29, 0.717) is 6.07 Å². The van der Waals surface area contributed by atoms with Crippen LogP contribution in [0, 0.1) is 11.6 Å². The number of hydrogen-bond donors (Lipinski definition) is 0. The molecule has 0 radical (unpaired) electrons. The van der Waals surface area contributed by atoms with E-state index in [-0.39, 0.29) is 11.3 Å². The Kier molecular flexibility index (Phi) is 2.55. The molecule has 0 saturated carbocycles. The van der Waals surface area contributed by atoms with Gasteiger partial charge < -0.3 is 0 Å². The SMILES string of the molecule is O=C(c1cscn1)c1ccc(F)cc1F. The van der Waals surface area contributed by atoms with Gasteiger partial charge in [-0.05, 0) is 12.1 Å². The zero-order valence-corrected chi connectivity index (χ0v) is 8.22. The van der Waals surface area contributed by atoms with E-state index >= 15 is 0 Å². The molecule has 0 atom stereocenters. The zero-order chi connectivity index (χ0) is 10.8. The van der Waals surface area contributed by atoms with Crippen LogP contribution in [-0.4, -0.2) is 10.8 Å². The number of thiazole rings is 1. The zero-order valence-electron chi connectivity index (χ0n) is 7.41. The fourth-order valence-corrected chi connectivity index (χ4v) is 1.67. The molecule has 0 aliphatic rings. The predicted molar refractivity (Wildman–Crippen MR) is 51.9 cm³/mol. The van der Waals surface area contributed by atoms with Crippen LogP contribution in [0.25, 0.3) is 0 Å². The molecule has 1 aromatic carbocycles. The summed E-state index contributed by atoms with van der Waals surface area (Å²) in [6.45, 7) is 0. The number of rotatable bonds is 2. The van der Waals surface area contributed by atoms with E-state index < -0.39 is 17.4 Å². The van der Waals surface area contributed by atoms with E-state index in [2.05, 4.69) is 4.98 Å². The number of halogens is 2. The number of nitrogens with zero attached hydrogens (tertiary/aromatic N) is 1. The lowest BCUT2D eigenvalue weighted by Crippen LogP contribution is -2.04. The highest BCUT2D eigenvalue weighted by Gasteiger charge is 2.15. The van der Waals surface area contributed by atoms with Gasteiger partial charge in [0.15, 0.2) is 0 Å². The molecule has 5 heteroatoms. The summed E-state index contributed by atoms with van der Waals surface area (Å²) in [5.74, 6) is -2.11. The van der Waals surface area contributed by atoms with Crippen LogP contribution in [0.15, 0.2) is 29.1 Å². The van der Waals surface area contributed by atoms with Gasteiger partial charge in [-0.2, -0.15) is 0 Å².